The average Bonchev–Trinajstić information content (AvgIpc) is 2.37. The Labute approximate surface area is 122 Å². The van der Waals surface area contributed by atoms with Crippen LogP contribution in [0.2, 0.25) is 0 Å². The molecule has 0 radical (unpaired) electrons. The highest BCUT2D eigenvalue weighted by atomic mass is 79.9. The van der Waals surface area contributed by atoms with Crippen LogP contribution in [0.25, 0.3) is 0 Å². The van der Waals surface area contributed by atoms with E-state index in [1.807, 2.05) is 13.8 Å². The first kappa shape index (κ1) is 16.0. The number of non-ortho nitro benzene ring substituents is 1. The van der Waals surface area contributed by atoms with Crippen molar-refractivity contribution in [3.05, 3.63) is 38.4 Å². The summed E-state index contributed by atoms with van der Waals surface area (Å²) in [6, 6.07) is 3.06. The van der Waals surface area contributed by atoms with Crippen molar-refractivity contribution in [2.45, 2.75) is 18.7 Å². The van der Waals surface area contributed by atoms with Crippen LogP contribution in [0, 0.1) is 26.1 Å². The predicted octanol–water partition coefficient (Wildman–Crippen LogP) is 2.86. The summed E-state index contributed by atoms with van der Waals surface area (Å²) < 4.78 is 0. The quantitative estimate of drug-likeness (QED) is 0.500. The molecule has 1 N–H and O–H groups in total. The van der Waals surface area contributed by atoms with Crippen molar-refractivity contribution in [2.75, 3.05) is 5.32 Å². The van der Waals surface area contributed by atoms with Gasteiger partial charge >= 0.3 is 0 Å². The van der Waals surface area contributed by atoms with Crippen molar-refractivity contribution in [1.82, 2.24) is 0 Å². The fourth-order valence-electron chi connectivity index (χ4n) is 1.39. The maximum Gasteiger partial charge on any atom is 0.299 e. The fraction of sp³-hybridized carbons (Fsp3) is 0.364. The van der Waals surface area contributed by atoms with Crippen molar-refractivity contribution in [2.24, 2.45) is 5.92 Å². The summed E-state index contributed by atoms with van der Waals surface area (Å²) in [5.74, 6) is -0.455. The van der Waals surface area contributed by atoms with Crippen LogP contribution in [0.5, 0.6) is 0 Å². The number of carbonyl (C=O) groups is 1. The van der Waals surface area contributed by atoms with Gasteiger partial charge in [-0.05, 0) is 12.0 Å². The topological polar surface area (TPSA) is 115 Å². The molecule has 0 aromatic heterocycles. The highest BCUT2D eigenvalue weighted by Crippen LogP contribution is 2.29. The van der Waals surface area contributed by atoms with Gasteiger partial charge < -0.3 is 5.32 Å². The van der Waals surface area contributed by atoms with E-state index < -0.39 is 32.0 Å². The van der Waals surface area contributed by atoms with E-state index in [4.69, 9.17) is 0 Å². The number of anilines is 1. The smallest absolute Gasteiger partial charge is 0.299 e. The van der Waals surface area contributed by atoms with Crippen LogP contribution in [0.15, 0.2) is 18.2 Å². The third kappa shape index (κ3) is 3.73. The SMILES string of the molecule is CC(C)C(Br)C(=O)Nc1ccc([N+](=O)[O-])cc1[N+](=O)[O-]. The van der Waals surface area contributed by atoms with Gasteiger partial charge in [0.15, 0.2) is 0 Å². The van der Waals surface area contributed by atoms with Gasteiger partial charge in [0.25, 0.3) is 11.4 Å². The Kier molecular flexibility index (Phi) is 5.14. The molecule has 0 heterocycles. The number of nitro groups is 2. The van der Waals surface area contributed by atoms with E-state index >= 15 is 0 Å². The maximum atomic E-state index is 11.8. The second-order valence-corrected chi connectivity index (χ2v) is 5.34. The molecule has 1 aromatic rings. The summed E-state index contributed by atoms with van der Waals surface area (Å²) in [5, 5.41) is 23.9. The summed E-state index contributed by atoms with van der Waals surface area (Å²) in [4.78, 5) is 31.3. The van der Waals surface area contributed by atoms with Crippen molar-refractivity contribution in [3.63, 3.8) is 0 Å². The lowest BCUT2D eigenvalue weighted by atomic mass is 10.1. The fourth-order valence-corrected chi connectivity index (χ4v) is 1.51. The molecule has 1 rings (SSSR count). The largest absolute Gasteiger partial charge is 0.319 e. The summed E-state index contributed by atoms with van der Waals surface area (Å²) >= 11 is 3.17. The number of nitrogens with zero attached hydrogens (tertiary/aromatic N) is 2. The predicted molar refractivity (Wildman–Crippen MR) is 75.9 cm³/mol. The van der Waals surface area contributed by atoms with Crippen LogP contribution in [-0.2, 0) is 4.79 Å². The molecular weight excluding hydrogens is 334 g/mol. The number of amides is 1. The molecule has 9 heteroatoms. The summed E-state index contributed by atoms with van der Waals surface area (Å²) in [7, 11) is 0. The molecule has 1 unspecified atom stereocenters. The van der Waals surface area contributed by atoms with E-state index in [-0.39, 0.29) is 11.6 Å². The molecular formula is C11H12BrN3O5. The lowest BCUT2D eigenvalue weighted by molar-refractivity contribution is -0.393. The number of nitrogens with one attached hydrogen (secondary N) is 1. The van der Waals surface area contributed by atoms with E-state index in [2.05, 4.69) is 21.2 Å². The maximum absolute atomic E-state index is 11.8. The van der Waals surface area contributed by atoms with E-state index in [9.17, 15) is 25.0 Å². The molecule has 1 atom stereocenters. The minimum atomic E-state index is -0.777. The van der Waals surface area contributed by atoms with E-state index in [1.165, 1.54) is 0 Å². The number of rotatable bonds is 5. The van der Waals surface area contributed by atoms with Crippen LogP contribution >= 0.6 is 15.9 Å². The molecule has 0 aliphatic heterocycles. The van der Waals surface area contributed by atoms with Crippen LogP contribution in [0.4, 0.5) is 17.1 Å². The summed E-state index contributed by atoms with van der Waals surface area (Å²) in [6.07, 6.45) is 0. The molecule has 0 fully saturated rings. The molecule has 1 aromatic carbocycles. The number of alkyl halides is 1. The molecule has 0 spiro atoms. The lowest BCUT2D eigenvalue weighted by Gasteiger charge is -2.13. The van der Waals surface area contributed by atoms with Gasteiger partial charge in [0, 0.05) is 6.07 Å². The second kappa shape index (κ2) is 6.42. The Morgan fingerprint density at radius 1 is 1.25 bits per heavy atom. The molecule has 1 amide bonds. The van der Waals surface area contributed by atoms with Gasteiger partial charge in [-0.3, -0.25) is 25.0 Å². The van der Waals surface area contributed by atoms with Gasteiger partial charge in [-0.2, -0.15) is 0 Å². The van der Waals surface area contributed by atoms with Crippen LogP contribution < -0.4 is 5.32 Å². The number of nitro benzene ring substituents is 2. The zero-order valence-corrected chi connectivity index (χ0v) is 12.3. The Bertz CT molecular complexity index is 561. The van der Waals surface area contributed by atoms with Crippen LogP contribution in [0.1, 0.15) is 13.8 Å². The lowest BCUT2D eigenvalue weighted by Crippen LogP contribution is -2.27. The third-order valence-corrected chi connectivity index (χ3v) is 3.96. The van der Waals surface area contributed by atoms with Gasteiger partial charge in [0.1, 0.15) is 5.69 Å². The van der Waals surface area contributed by atoms with E-state index in [0.29, 0.717) is 0 Å². The van der Waals surface area contributed by atoms with Crippen LogP contribution in [-0.4, -0.2) is 20.6 Å². The highest BCUT2D eigenvalue weighted by molar-refractivity contribution is 9.10. The zero-order valence-electron chi connectivity index (χ0n) is 10.7. The average molecular weight is 346 g/mol. The minimum absolute atomic E-state index is 0.00731. The number of benzene rings is 1. The number of halogens is 1. The monoisotopic (exact) mass is 345 g/mol. The van der Waals surface area contributed by atoms with E-state index in [0.717, 1.165) is 18.2 Å². The Morgan fingerprint density at radius 3 is 2.30 bits per heavy atom. The number of hydrogen-bond acceptors (Lipinski definition) is 5. The number of carbonyl (C=O) groups excluding carboxylic acids is 1. The van der Waals surface area contributed by atoms with Gasteiger partial charge in [-0.15, -0.1) is 0 Å². The molecule has 0 aliphatic carbocycles. The van der Waals surface area contributed by atoms with Gasteiger partial charge in [-0.1, -0.05) is 29.8 Å². The molecule has 0 saturated heterocycles. The minimum Gasteiger partial charge on any atom is -0.319 e. The Morgan fingerprint density at radius 2 is 1.85 bits per heavy atom. The molecule has 0 bridgehead atoms. The molecule has 20 heavy (non-hydrogen) atoms. The van der Waals surface area contributed by atoms with E-state index in [1.54, 1.807) is 0 Å². The Balaban J connectivity index is 3.09. The van der Waals surface area contributed by atoms with Gasteiger partial charge in [0.2, 0.25) is 5.91 Å². The molecule has 108 valence electrons. The summed E-state index contributed by atoms with van der Waals surface area (Å²) in [5.41, 5.74) is -0.999. The first-order chi connectivity index (χ1) is 9.23. The normalized spacial score (nSPS) is 12.0. The highest BCUT2D eigenvalue weighted by Gasteiger charge is 2.24. The van der Waals surface area contributed by atoms with Gasteiger partial charge in [0.05, 0.1) is 20.7 Å². The van der Waals surface area contributed by atoms with Crippen molar-refractivity contribution in [3.8, 4) is 0 Å². The molecule has 0 aliphatic rings. The number of hydrogen-bond donors (Lipinski definition) is 1. The van der Waals surface area contributed by atoms with Gasteiger partial charge in [-0.25, -0.2) is 0 Å². The molecule has 0 saturated carbocycles. The van der Waals surface area contributed by atoms with Crippen molar-refractivity contribution < 1.29 is 14.6 Å². The van der Waals surface area contributed by atoms with Crippen molar-refractivity contribution in [1.29, 1.82) is 0 Å². The van der Waals surface area contributed by atoms with Crippen LogP contribution in [0.3, 0.4) is 0 Å². The first-order valence-corrected chi connectivity index (χ1v) is 6.53. The second-order valence-electron chi connectivity index (χ2n) is 4.35. The Hall–Kier alpha value is -2.03. The summed E-state index contributed by atoms with van der Waals surface area (Å²) in [6.45, 7) is 3.62. The third-order valence-electron chi connectivity index (χ3n) is 2.48. The van der Waals surface area contributed by atoms with Crippen molar-refractivity contribution >= 4 is 38.9 Å². The first-order valence-electron chi connectivity index (χ1n) is 5.61. The zero-order chi connectivity index (χ0) is 15.4. The molecule has 8 nitrogen and oxygen atoms in total. The standard InChI is InChI=1S/C11H12BrN3O5/c1-6(2)10(12)11(16)13-8-4-3-7(14(17)18)5-9(8)15(19)20/h3-6,10H,1-2H3,(H,13,16).